The van der Waals surface area contributed by atoms with Gasteiger partial charge in [-0.05, 0) is 146 Å². The number of benzene rings is 12. The molecule has 0 saturated heterocycles. The minimum atomic E-state index is -1.12. The van der Waals surface area contributed by atoms with Gasteiger partial charge >= 0.3 is 35.8 Å². The number of hydrogen-bond acceptors (Lipinski definition) is 15. The number of nitrogens with zero attached hydrogens (tertiary/aromatic N) is 6. The molecule has 0 spiro atoms. The molecule has 6 heterocycles. The number of phenols is 1. The summed E-state index contributed by atoms with van der Waals surface area (Å²) in [5, 5.41) is 69.2. The molecule has 0 radical (unpaired) electrons. The monoisotopic (exact) mass is 1590 g/mol. The molecule has 0 aliphatic carbocycles. The highest BCUT2D eigenvalue weighted by Crippen LogP contribution is 2.34. The number of halogens is 2. The van der Waals surface area contributed by atoms with E-state index in [-0.39, 0.29) is 50.4 Å². The highest BCUT2D eigenvalue weighted by atomic mass is 19.1. The molecule has 120 heavy (non-hydrogen) atoms. The van der Waals surface area contributed by atoms with E-state index in [1.807, 2.05) is 140 Å². The summed E-state index contributed by atoms with van der Waals surface area (Å²) in [5.41, 5.74) is 26.9. The zero-order valence-corrected chi connectivity index (χ0v) is 63.4. The van der Waals surface area contributed by atoms with Gasteiger partial charge in [0.15, 0.2) is 0 Å². The number of carboxylic acid groups (broad SMARTS) is 6. The lowest BCUT2D eigenvalue weighted by Gasteiger charge is -2.08. The molecular formula is C97H68F2N8O13. The molecule has 6 aromatic heterocycles. The van der Waals surface area contributed by atoms with Crippen LogP contribution in [0.5, 0.6) is 5.75 Å². The summed E-state index contributed by atoms with van der Waals surface area (Å²) in [5.74, 6) is -7.33. The van der Waals surface area contributed by atoms with E-state index in [0.717, 1.165) is 51.8 Å². The predicted octanol–water partition coefficient (Wildman–Crippen LogP) is 21.1. The van der Waals surface area contributed by atoms with Crippen molar-refractivity contribution < 1.29 is 73.3 Å². The molecular weight excluding hydrogens is 1520 g/mol. The maximum atomic E-state index is 13.3. The fourth-order valence-electron chi connectivity index (χ4n) is 13.1. The van der Waals surface area contributed by atoms with Crippen molar-refractivity contribution in [2.75, 3.05) is 11.5 Å². The van der Waals surface area contributed by atoms with Crippen molar-refractivity contribution in [2.24, 2.45) is 0 Å². The molecule has 0 saturated carbocycles. The van der Waals surface area contributed by atoms with E-state index >= 15 is 0 Å². The molecule has 0 bridgehead atoms. The number of anilines is 2. The molecule has 18 rings (SSSR count). The van der Waals surface area contributed by atoms with Gasteiger partial charge in [0.05, 0.1) is 101 Å². The molecule has 18 aromatic rings. The first-order valence-electron chi connectivity index (χ1n) is 36.8. The van der Waals surface area contributed by atoms with E-state index in [2.05, 4.69) is 29.9 Å². The van der Waals surface area contributed by atoms with Crippen molar-refractivity contribution in [3.05, 3.63) is 378 Å². The summed E-state index contributed by atoms with van der Waals surface area (Å²) in [6, 6.07) is 93.9. The number of fused-ring (bicyclic) bond motifs is 6. The summed E-state index contributed by atoms with van der Waals surface area (Å²) in [6.45, 7) is 2.04. The van der Waals surface area contributed by atoms with Crippen LogP contribution in [0.25, 0.3) is 133 Å². The van der Waals surface area contributed by atoms with Crippen molar-refractivity contribution in [1.82, 2.24) is 29.9 Å². The fraction of sp³-hybridized carbons (Fsp3) is 0.0103. The van der Waals surface area contributed by atoms with Crippen LogP contribution in [-0.2, 0) is 0 Å². The minimum absolute atomic E-state index is 0.0419. The Morgan fingerprint density at radius 1 is 0.258 bits per heavy atom. The number of aromatic carboxylic acids is 6. The van der Waals surface area contributed by atoms with Crippen LogP contribution >= 0.6 is 0 Å². The van der Waals surface area contributed by atoms with Crippen molar-refractivity contribution in [3.63, 3.8) is 0 Å². The quantitative estimate of drug-likeness (QED) is 0.0513. The Morgan fingerprint density at radius 3 is 0.992 bits per heavy atom. The average molecular weight is 1590 g/mol. The lowest BCUT2D eigenvalue weighted by atomic mass is 10.0. The largest absolute Gasteiger partial charge is 0.507 e. The lowest BCUT2D eigenvalue weighted by molar-refractivity contribution is 0.0688. The third kappa shape index (κ3) is 19.0. The Balaban J connectivity index is 0.000000124. The second kappa shape index (κ2) is 36.5. The van der Waals surface area contributed by atoms with E-state index in [1.54, 1.807) is 164 Å². The van der Waals surface area contributed by atoms with Crippen LogP contribution in [0.15, 0.2) is 328 Å². The molecule has 0 unspecified atom stereocenters. The maximum absolute atomic E-state index is 13.3. The SMILES string of the molecule is Cc1ccc(-c2ccc3c(C(=O)O)cccc3n2)cc1.Nc1cccc(-c2cc(C(=O)O)c3ccccc3n2)c1.Nc1ccccc1-c1cc(C(=O)O)c2ccccc2n1.O=C(O)c1cc(-c2cc(F)cc(F)c2)nc2ccccc12.O=C(O)c1cc(-c2ccccc2O)nc2ccccc12.O=C(O)c1cccc2nc(-c3ccccc3)ccc12. The number of aryl methyl sites for hydroxylation is 1. The van der Waals surface area contributed by atoms with Crippen LogP contribution in [-0.4, -0.2) is 101 Å². The average Bonchev–Trinajstić information content (AvgIpc) is 0.762. The molecule has 0 amide bonds. The number of aromatic nitrogens is 6. The topological polar surface area (TPSA) is 373 Å². The van der Waals surface area contributed by atoms with Gasteiger partial charge in [-0.3, -0.25) is 0 Å². The van der Waals surface area contributed by atoms with E-state index in [9.17, 15) is 68.2 Å². The summed E-state index contributed by atoms with van der Waals surface area (Å²) >= 11 is 0. The van der Waals surface area contributed by atoms with Gasteiger partial charge in [-0.2, -0.15) is 0 Å². The maximum Gasteiger partial charge on any atom is 0.336 e. The summed E-state index contributed by atoms with van der Waals surface area (Å²) in [6.07, 6.45) is 0. The van der Waals surface area contributed by atoms with Crippen LogP contribution in [0.1, 0.15) is 67.7 Å². The fourth-order valence-corrected chi connectivity index (χ4v) is 13.1. The number of phenolic OH excluding ortho intramolecular Hbond substituents is 1. The molecule has 21 nitrogen and oxygen atoms in total. The van der Waals surface area contributed by atoms with Gasteiger partial charge in [0.2, 0.25) is 0 Å². The normalized spacial score (nSPS) is 10.6. The highest BCUT2D eigenvalue weighted by Gasteiger charge is 2.20. The smallest absolute Gasteiger partial charge is 0.336 e. The van der Waals surface area contributed by atoms with Crippen molar-refractivity contribution in [1.29, 1.82) is 0 Å². The molecule has 11 N–H and O–H groups in total. The number of pyridine rings is 6. The van der Waals surface area contributed by atoms with Gasteiger partial charge in [0.1, 0.15) is 17.4 Å². The van der Waals surface area contributed by atoms with Gasteiger partial charge in [-0.15, -0.1) is 0 Å². The predicted molar refractivity (Wildman–Crippen MR) is 460 cm³/mol. The van der Waals surface area contributed by atoms with E-state index in [1.165, 1.54) is 17.7 Å². The second-order valence-electron chi connectivity index (χ2n) is 26.9. The number of para-hydroxylation sites is 6. The van der Waals surface area contributed by atoms with Gasteiger partial charge in [0.25, 0.3) is 0 Å². The van der Waals surface area contributed by atoms with Crippen LogP contribution in [0.3, 0.4) is 0 Å². The molecule has 23 heteroatoms. The first-order valence-corrected chi connectivity index (χ1v) is 36.8. The number of carbonyl (C=O) groups is 6. The van der Waals surface area contributed by atoms with Crippen molar-refractivity contribution in [2.45, 2.75) is 6.92 Å². The zero-order chi connectivity index (χ0) is 84.7. The number of aromatic hydroxyl groups is 1. The molecule has 12 aromatic carbocycles. The van der Waals surface area contributed by atoms with Gasteiger partial charge in [-0.25, -0.2) is 67.5 Å². The number of carboxylic acids is 6. The highest BCUT2D eigenvalue weighted by molar-refractivity contribution is 6.08. The first kappa shape index (κ1) is 81.2. The van der Waals surface area contributed by atoms with Crippen LogP contribution < -0.4 is 11.5 Å². The van der Waals surface area contributed by atoms with Crippen LogP contribution in [0, 0.1) is 18.6 Å². The molecule has 0 aliphatic heterocycles. The third-order valence-electron chi connectivity index (χ3n) is 18.9. The Hall–Kier alpha value is -16.8. The molecule has 0 fully saturated rings. The number of nitrogens with two attached hydrogens (primary N) is 2. The van der Waals surface area contributed by atoms with Gasteiger partial charge in [0, 0.05) is 83.1 Å². The minimum Gasteiger partial charge on any atom is -0.507 e. The van der Waals surface area contributed by atoms with Crippen LogP contribution in [0.4, 0.5) is 20.2 Å². The van der Waals surface area contributed by atoms with E-state index < -0.39 is 47.5 Å². The number of hydrogen-bond donors (Lipinski definition) is 9. The number of nitrogen functional groups attached to an aromatic ring is 2. The Labute approximate surface area is 682 Å². The standard InChI is InChI=1S/C17H13NO2.C16H9F2NO2.2C16H12N2O2.C16H11NO3.C16H11NO2/c1-11-5-7-12(8-6-11)15-10-9-13-14(17(19)20)3-2-4-16(13)18-15;17-10-5-9(6-11(18)7-10)15-8-13(16(20)21)12-3-1-2-4-14(12)19-15;17-13-7-3-1-6-11(13)15-9-12(16(19)20)10-5-2-4-8-14(10)18-15;17-11-5-3-4-10(8-11)15-9-13(16(19)20)12-6-1-2-7-14(12)18-15;18-15-8-4-2-6-11(15)14-9-12(16(19)20)10-5-1-3-7-13(10)17-14;18-16(19)13-7-4-8-15-12(13)9-10-14(17-15)11-5-2-1-3-6-11/h2-10H,1H3,(H,19,20);1-8H,(H,20,21);2*1-9H,17H2,(H,19,20);1-9,18H,(H,19,20);1-10H,(H,18,19). The second-order valence-corrected chi connectivity index (χ2v) is 26.9. The summed E-state index contributed by atoms with van der Waals surface area (Å²) in [7, 11) is 0. The third-order valence-corrected chi connectivity index (χ3v) is 18.9. The Bertz CT molecular complexity index is 6840. The van der Waals surface area contributed by atoms with E-state index in [0.29, 0.717) is 99.4 Å². The zero-order valence-electron chi connectivity index (χ0n) is 63.4. The first-order chi connectivity index (χ1) is 57.9. The number of rotatable bonds is 12. The van der Waals surface area contributed by atoms with Crippen molar-refractivity contribution >= 4 is 113 Å². The molecule has 588 valence electrons. The molecule has 0 aliphatic rings. The lowest BCUT2D eigenvalue weighted by Crippen LogP contribution is -2.01. The summed E-state index contributed by atoms with van der Waals surface area (Å²) < 4.78 is 26.6. The van der Waals surface area contributed by atoms with Gasteiger partial charge < -0.3 is 47.2 Å². The Morgan fingerprint density at radius 2 is 0.575 bits per heavy atom. The van der Waals surface area contributed by atoms with Crippen LogP contribution in [0.2, 0.25) is 0 Å². The van der Waals surface area contributed by atoms with E-state index in [4.69, 9.17) is 16.6 Å². The summed E-state index contributed by atoms with van der Waals surface area (Å²) in [4.78, 5) is 94.7. The molecule has 0 atom stereocenters. The van der Waals surface area contributed by atoms with Gasteiger partial charge in [-0.1, -0.05) is 188 Å². The van der Waals surface area contributed by atoms with Crippen molar-refractivity contribution in [3.8, 4) is 73.3 Å². The Kier molecular flexibility index (Phi) is 24.7.